The van der Waals surface area contributed by atoms with E-state index in [0.29, 0.717) is 16.3 Å². The molecule has 32 heavy (non-hydrogen) atoms. The Bertz CT molecular complexity index is 1490. The summed E-state index contributed by atoms with van der Waals surface area (Å²) < 4.78 is 5.88. The average molecular weight is 447 g/mol. The molecule has 0 aliphatic carbocycles. The second-order valence-corrected chi connectivity index (χ2v) is 8.02. The molecule has 7 nitrogen and oxygen atoms in total. The first-order valence-corrected chi connectivity index (χ1v) is 10.1. The molecule has 0 saturated heterocycles. The molecule has 0 saturated carbocycles. The van der Waals surface area contributed by atoms with Gasteiger partial charge in [0.15, 0.2) is 5.43 Å². The summed E-state index contributed by atoms with van der Waals surface area (Å²) in [5.41, 5.74) is 1.74. The normalized spacial score (nSPS) is 15.2. The van der Waals surface area contributed by atoms with Gasteiger partial charge in [-0.25, -0.2) is 0 Å². The van der Waals surface area contributed by atoms with Crippen LogP contribution in [0.5, 0.6) is 0 Å². The molecule has 0 spiro atoms. The fourth-order valence-corrected chi connectivity index (χ4v) is 4.29. The van der Waals surface area contributed by atoms with Crippen molar-refractivity contribution in [2.45, 2.75) is 13.0 Å². The Balaban J connectivity index is 1.83. The maximum absolute atomic E-state index is 13.5. The van der Waals surface area contributed by atoms with Crippen molar-refractivity contribution in [3.8, 4) is 0 Å². The number of halogens is 1. The number of aryl methyl sites for hydroxylation is 1. The van der Waals surface area contributed by atoms with Gasteiger partial charge in [0.25, 0.3) is 11.6 Å². The van der Waals surface area contributed by atoms with Gasteiger partial charge in [-0.1, -0.05) is 35.9 Å². The van der Waals surface area contributed by atoms with Gasteiger partial charge in [-0.15, -0.1) is 0 Å². The maximum atomic E-state index is 13.5. The fraction of sp³-hybridized carbons (Fsp3) is 0.0833. The summed E-state index contributed by atoms with van der Waals surface area (Å²) in [4.78, 5) is 39.4. The van der Waals surface area contributed by atoms with Crippen molar-refractivity contribution in [1.82, 2.24) is 0 Å². The third kappa shape index (κ3) is 3.06. The molecule has 0 bridgehead atoms. The number of hydrogen-bond donors (Lipinski definition) is 0. The molecule has 1 unspecified atom stereocenters. The van der Waals surface area contributed by atoms with Crippen LogP contribution >= 0.6 is 11.6 Å². The van der Waals surface area contributed by atoms with Crippen LogP contribution in [0.4, 0.5) is 11.4 Å². The molecule has 3 aromatic carbocycles. The number of rotatable bonds is 3. The van der Waals surface area contributed by atoms with Gasteiger partial charge in [-0.05, 0) is 48.4 Å². The van der Waals surface area contributed by atoms with E-state index >= 15 is 0 Å². The highest BCUT2D eigenvalue weighted by Crippen LogP contribution is 2.42. The van der Waals surface area contributed by atoms with Crippen LogP contribution in [0.1, 0.15) is 33.3 Å². The van der Waals surface area contributed by atoms with Crippen LogP contribution in [0.2, 0.25) is 5.02 Å². The first-order chi connectivity index (χ1) is 15.3. The van der Waals surface area contributed by atoms with Gasteiger partial charge < -0.3 is 4.42 Å². The molecule has 1 atom stereocenters. The second-order valence-electron chi connectivity index (χ2n) is 7.58. The Morgan fingerprint density at radius 2 is 1.81 bits per heavy atom. The third-order valence-electron chi connectivity index (χ3n) is 5.51. The van der Waals surface area contributed by atoms with Gasteiger partial charge in [0.1, 0.15) is 5.58 Å². The van der Waals surface area contributed by atoms with E-state index in [2.05, 4.69) is 0 Å². The minimum Gasteiger partial charge on any atom is -0.450 e. The van der Waals surface area contributed by atoms with E-state index in [4.69, 9.17) is 16.0 Å². The lowest BCUT2D eigenvalue weighted by molar-refractivity contribution is -0.384. The molecule has 5 rings (SSSR count). The number of hydrogen-bond acceptors (Lipinski definition) is 5. The molecular formula is C24H15ClN2O5. The lowest BCUT2D eigenvalue weighted by Gasteiger charge is -2.25. The largest absolute Gasteiger partial charge is 0.450 e. The standard InChI is InChI=1S/C24H15ClN2O5/c1-13-4-2-6-16(10-13)26-21(14-5-3-7-17(11-14)27(30)31)20-22(28)18-12-15(25)8-9-19(18)32-23(20)24(26)29/h2-12,21H,1H3. The number of nitro groups is 1. The molecule has 0 N–H and O–H groups in total. The van der Waals surface area contributed by atoms with Crippen molar-refractivity contribution >= 4 is 39.9 Å². The zero-order chi connectivity index (χ0) is 22.6. The average Bonchev–Trinajstić information content (AvgIpc) is 3.07. The van der Waals surface area contributed by atoms with Crippen LogP contribution in [0, 0.1) is 17.0 Å². The molecule has 2 heterocycles. The molecule has 1 amide bonds. The lowest BCUT2D eigenvalue weighted by Crippen LogP contribution is -2.29. The molecule has 1 aliphatic rings. The van der Waals surface area contributed by atoms with Crippen LogP contribution < -0.4 is 10.3 Å². The predicted molar refractivity (Wildman–Crippen MR) is 120 cm³/mol. The molecule has 0 radical (unpaired) electrons. The monoisotopic (exact) mass is 446 g/mol. The van der Waals surface area contributed by atoms with Crippen LogP contribution in [-0.4, -0.2) is 10.8 Å². The predicted octanol–water partition coefficient (Wildman–Crippen LogP) is 5.41. The Hall–Kier alpha value is -3.97. The first kappa shape index (κ1) is 20.0. The number of anilines is 1. The maximum Gasteiger partial charge on any atom is 0.295 e. The Kier molecular flexibility index (Phi) is 4.56. The highest BCUT2D eigenvalue weighted by molar-refractivity contribution is 6.31. The van der Waals surface area contributed by atoms with Gasteiger partial charge in [0.05, 0.1) is 21.9 Å². The molecule has 0 fully saturated rings. The first-order valence-electron chi connectivity index (χ1n) is 9.76. The topological polar surface area (TPSA) is 93.7 Å². The molecule has 1 aromatic heterocycles. The number of nitro benzene ring substituents is 1. The fourth-order valence-electron chi connectivity index (χ4n) is 4.11. The summed E-state index contributed by atoms with van der Waals surface area (Å²) in [6.07, 6.45) is 0. The Morgan fingerprint density at radius 3 is 2.56 bits per heavy atom. The minimum absolute atomic E-state index is 0.0807. The van der Waals surface area contributed by atoms with Crippen molar-refractivity contribution in [3.05, 3.63) is 115 Å². The van der Waals surface area contributed by atoms with E-state index < -0.39 is 22.3 Å². The Morgan fingerprint density at radius 1 is 1.03 bits per heavy atom. The quantitative estimate of drug-likeness (QED) is 0.309. The third-order valence-corrected chi connectivity index (χ3v) is 5.74. The smallest absolute Gasteiger partial charge is 0.295 e. The van der Waals surface area contributed by atoms with Crippen LogP contribution in [-0.2, 0) is 0 Å². The summed E-state index contributed by atoms with van der Waals surface area (Å²) in [6.45, 7) is 1.89. The van der Waals surface area contributed by atoms with Crippen LogP contribution in [0.3, 0.4) is 0 Å². The van der Waals surface area contributed by atoms with Gasteiger partial charge in [-0.2, -0.15) is 0 Å². The zero-order valence-corrected chi connectivity index (χ0v) is 17.5. The summed E-state index contributed by atoms with van der Waals surface area (Å²) in [6, 6.07) is 16.9. The van der Waals surface area contributed by atoms with Crippen LogP contribution in [0.25, 0.3) is 11.0 Å². The number of benzene rings is 3. The van der Waals surface area contributed by atoms with Crippen molar-refractivity contribution in [3.63, 3.8) is 0 Å². The highest BCUT2D eigenvalue weighted by atomic mass is 35.5. The van der Waals surface area contributed by atoms with E-state index in [9.17, 15) is 19.7 Å². The molecular weight excluding hydrogens is 432 g/mol. The number of non-ortho nitro benzene ring substituents is 1. The van der Waals surface area contributed by atoms with E-state index in [1.807, 2.05) is 19.1 Å². The zero-order valence-electron chi connectivity index (χ0n) is 16.7. The minimum atomic E-state index is -0.890. The Labute approximate surface area is 186 Å². The number of fused-ring (bicyclic) bond motifs is 2. The van der Waals surface area contributed by atoms with Gasteiger partial charge in [0, 0.05) is 22.8 Å². The van der Waals surface area contributed by atoms with E-state index in [1.165, 1.54) is 29.2 Å². The number of amides is 1. The van der Waals surface area contributed by atoms with Crippen molar-refractivity contribution in [1.29, 1.82) is 0 Å². The number of carbonyl (C=O) groups is 1. The summed E-state index contributed by atoms with van der Waals surface area (Å²) in [7, 11) is 0. The van der Waals surface area contributed by atoms with Crippen molar-refractivity contribution in [2.24, 2.45) is 0 Å². The molecule has 158 valence electrons. The van der Waals surface area contributed by atoms with E-state index in [1.54, 1.807) is 30.3 Å². The molecule has 1 aliphatic heterocycles. The number of nitrogens with zero attached hydrogens (tertiary/aromatic N) is 2. The number of carbonyl (C=O) groups excluding carboxylic acids is 1. The summed E-state index contributed by atoms with van der Waals surface area (Å²) >= 11 is 6.09. The molecule has 4 aromatic rings. The highest BCUT2D eigenvalue weighted by Gasteiger charge is 2.44. The SMILES string of the molecule is Cc1cccc(N2C(=O)c3oc4ccc(Cl)cc4c(=O)c3C2c2cccc([N+](=O)[O-])c2)c1. The van der Waals surface area contributed by atoms with Gasteiger partial charge >= 0.3 is 0 Å². The van der Waals surface area contributed by atoms with Crippen LogP contribution in [0.15, 0.2) is 75.9 Å². The van der Waals surface area contributed by atoms with Gasteiger partial charge in [0.2, 0.25) is 5.76 Å². The van der Waals surface area contributed by atoms with E-state index in [-0.39, 0.29) is 28.0 Å². The second kappa shape index (κ2) is 7.32. The lowest BCUT2D eigenvalue weighted by atomic mass is 9.97. The van der Waals surface area contributed by atoms with Crippen molar-refractivity contribution in [2.75, 3.05) is 4.90 Å². The summed E-state index contributed by atoms with van der Waals surface area (Å²) in [5.74, 6) is -0.570. The molecule has 8 heteroatoms. The van der Waals surface area contributed by atoms with E-state index in [0.717, 1.165) is 5.56 Å². The summed E-state index contributed by atoms with van der Waals surface area (Å²) in [5, 5.41) is 12.0. The van der Waals surface area contributed by atoms with Crippen molar-refractivity contribution < 1.29 is 14.1 Å². The van der Waals surface area contributed by atoms with Gasteiger partial charge in [-0.3, -0.25) is 24.6 Å².